The van der Waals surface area contributed by atoms with Crippen LogP contribution in [0.25, 0.3) is 5.82 Å². The van der Waals surface area contributed by atoms with Crippen LogP contribution in [-0.2, 0) is 14.6 Å². The monoisotopic (exact) mass is 447 g/mol. The number of carbonyl (C=O) groups is 1. The summed E-state index contributed by atoms with van der Waals surface area (Å²) in [7, 11) is -2.15. The molecule has 8 heteroatoms. The largest absolute Gasteiger partial charge is 0.481 e. The van der Waals surface area contributed by atoms with Gasteiger partial charge in [-0.2, -0.15) is 0 Å². The predicted molar refractivity (Wildman–Crippen MR) is 121 cm³/mol. The maximum Gasteiger partial charge on any atom is 0.315 e. The van der Waals surface area contributed by atoms with Crippen molar-refractivity contribution in [3.05, 3.63) is 41.6 Å². The summed E-state index contributed by atoms with van der Waals surface area (Å²) in [6.45, 7) is 14.5. The van der Waals surface area contributed by atoms with Crippen LogP contribution < -0.4 is 0 Å². The average Bonchev–Trinajstić information content (AvgIpc) is 3.00. The fraction of sp³-hybridized carbons (Fsp3) is 0.609. The summed E-state index contributed by atoms with van der Waals surface area (Å²) in [5.74, 6) is -0.438. The zero-order chi connectivity index (χ0) is 23.2. The number of carboxylic acid groups (broad SMARTS) is 1. The number of carboxylic acids is 1. The van der Waals surface area contributed by atoms with Crippen molar-refractivity contribution in [3.8, 4) is 5.82 Å². The lowest BCUT2D eigenvalue weighted by Gasteiger charge is -2.44. The van der Waals surface area contributed by atoms with E-state index in [-0.39, 0.29) is 17.9 Å². The van der Waals surface area contributed by atoms with E-state index in [1.165, 1.54) is 6.20 Å². The third-order valence-corrected chi connectivity index (χ3v) is 11.6. The summed E-state index contributed by atoms with van der Waals surface area (Å²) in [6, 6.07) is 3.97. The Hall–Kier alpha value is -2.06. The van der Waals surface area contributed by atoms with Crippen molar-refractivity contribution in [3.63, 3.8) is 0 Å². The van der Waals surface area contributed by atoms with E-state index in [9.17, 15) is 9.90 Å². The maximum atomic E-state index is 15.3. The molecule has 0 saturated heterocycles. The minimum absolute atomic E-state index is 0.0376. The van der Waals surface area contributed by atoms with Gasteiger partial charge in [0.15, 0.2) is 14.1 Å². The average molecular weight is 448 g/mol. The Balaban J connectivity index is 1.85. The number of hydrogen-bond acceptors (Lipinski definition) is 4. The summed E-state index contributed by atoms with van der Waals surface area (Å²) in [4.78, 5) is 21.2. The molecule has 1 saturated carbocycles. The fourth-order valence-corrected chi connectivity index (χ4v) is 5.45. The van der Waals surface area contributed by atoms with Gasteiger partial charge in [-0.1, -0.05) is 20.8 Å². The van der Waals surface area contributed by atoms with Crippen molar-refractivity contribution in [2.75, 3.05) is 0 Å². The number of aliphatic carboxylic acids is 1. The molecule has 1 fully saturated rings. The lowest BCUT2D eigenvalue weighted by molar-refractivity contribution is -0.148. The second-order valence-corrected chi connectivity index (χ2v) is 15.0. The molecule has 170 valence electrons. The van der Waals surface area contributed by atoms with Gasteiger partial charge in [0.25, 0.3) is 0 Å². The van der Waals surface area contributed by atoms with Crippen LogP contribution in [0.2, 0.25) is 18.1 Å². The van der Waals surface area contributed by atoms with Crippen LogP contribution in [0, 0.1) is 13.8 Å². The Labute approximate surface area is 185 Å². The lowest BCUT2D eigenvalue weighted by atomic mass is 9.70. The van der Waals surface area contributed by atoms with Crippen LogP contribution in [-0.4, -0.2) is 46.2 Å². The number of halogens is 1. The number of rotatable bonds is 5. The highest BCUT2D eigenvalue weighted by atomic mass is 28.4. The van der Waals surface area contributed by atoms with E-state index in [1.54, 1.807) is 6.20 Å². The first-order valence-corrected chi connectivity index (χ1v) is 13.7. The molecular formula is C23H34FN3O3Si. The third-order valence-electron chi connectivity index (χ3n) is 7.09. The Kier molecular flexibility index (Phi) is 6.19. The molecule has 2 aromatic heterocycles. The van der Waals surface area contributed by atoms with Crippen LogP contribution in [0.4, 0.5) is 4.39 Å². The molecule has 1 aliphatic rings. The minimum atomic E-state index is -2.15. The first-order chi connectivity index (χ1) is 14.3. The SMILES string of the molecule is Cc1ccc(C)n1-c1cnc(C2(C(=O)O)CC[C@H](O[Si](C)(C)C(C)(C)C)[C@@H](F)C2)cn1. The van der Waals surface area contributed by atoms with Crippen LogP contribution >= 0.6 is 0 Å². The Morgan fingerprint density at radius 1 is 1.23 bits per heavy atom. The number of alkyl halides is 1. The molecule has 2 heterocycles. The molecule has 0 radical (unpaired) electrons. The van der Waals surface area contributed by atoms with E-state index in [0.29, 0.717) is 17.9 Å². The molecule has 0 aromatic carbocycles. The van der Waals surface area contributed by atoms with Crippen molar-refractivity contribution < 1.29 is 18.7 Å². The molecule has 3 atom stereocenters. The van der Waals surface area contributed by atoms with Crippen LogP contribution in [0.5, 0.6) is 0 Å². The highest BCUT2D eigenvalue weighted by molar-refractivity contribution is 6.74. The molecule has 1 unspecified atom stereocenters. The van der Waals surface area contributed by atoms with Crippen LogP contribution in [0.1, 0.15) is 57.1 Å². The van der Waals surface area contributed by atoms with Crippen LogP contribution in [0.15, 0.2) is 24.5 Å². The van der Waals surface area contributed by atoms with Crippen molar-refractivity contribution in [2.45, 2.75) is 89.7 Å². The van der Waals surface area contributed by atoms with E-state index in [1.807, 2.05) is 30.5 Å². The minimum Gasteiger partial charge on any atom is -0.481 e. The van der Waals surface area contributed by atoms with Gasteiger partial charge in [0.2, 0.25) is 0 Å². The molecule has 31 heavy (non-hydrogen) atoms. The summed E-state index contributed by atoms with van der Waals surface area (Å²) in [5.41, 5.74) is 0.942. The fourth-order valence-electron chi connectivity index (χ4n) is 4.07. The molecule has 0 aliphatic heterocycles. The quantitative estimate of drug-likeness (QED) is 0.644. The zero-order valence-corrected chi connectivity index (χ0v) is 20.6. The van der Waals surface area contributed by atoms with Crippen molar-refractivity contribution in [1.29, 1.82) is 0 Å². The maximum absolute atomic E-state index is 15.3. The Morgan fingerprint density at radius 2 is 1.84 bits per heavy atom. The summed E-state index contributed by atoms with van der Waals surface area (Å²) >= 11 is 0. The van der Waals surface area contributed by atoms with Gasteiger partial charge in [0.05, 0.1) is 24.2 Å². The highest BCUT2D eigenvalue weighted by Crippen LogP contribution is 2.44. The Bertz CT molecular complexity index is 932. The van der Waals surface area contributed by atoms with Gasteiger partial charge >= 0.3 is 5.97 Å². The van der Waals surface area contributed by atoms with Crippen molar-refractivity contribution >= 4 is 14.3 Å². The van der Waals surface area contributed by atoms with E-state index in [4.69, 9.17) is 4.43 Å². The van der Waals surface area contributed by atoms with Crippen molar-refractivity contribution in [1.82, 2.24) is 14.5 Å². The molecule has 0 bridgehead atoms. The Morgan fingerprint density at radius 3 is 2.29 bits per heavy atom. The zero-order valence-electron chi connectivity index (χ0n) is 19.6. The molecule has 1 aliphatic carbocycles. The molecule has 3 rings (SSSR count). The van der Waals surface area contributed by atoms with Gasteiger partial charge < -0.3 is 14.1 Å². The van der Waals surface area contributed by atoms with Gasteiger partial charge in [-0.15, -0.1) is 0 Å². The summed E-state index contributed by atoms with van der Waals surface area (Å²) < 4.78 is 23.5. The molecule has 2 aromatic rings. The molecular weight excluding hydrogens is 413 g/mol. The lowest BCUT2D eigenvalue weighted by Crippen LogP contribution is -2.52. The first kappa shape index (κ1) is 23.6. The number of nitrogens with zero attached hydrogens (tertiary/aromatic N) is 3. The van der Waals surface area contributed by atoms with E-state index in [0.717, 1.165) is 11.4 Å². The predicted octanol–water partition coefficient (Wildman–Crippen LogP) is 5.12. The molecule has 0 amide bonds. The van der Waals surface area contributed by atoms with Crippen molar-refractivity contribution in [2.24, 2.45) is 0 Å². The summed E-state index contributed by atoms with van der Waals surface area (Å²) in [5, 5.41) is 10.0. The second-order valence-electron chi connectivity index (χ2n) is 10.3. The van der Waals surface area contributed by atoms with E-state index < -0.39 is 32.0 Å². The van der Waals surface area contributed by atoms with E-state index in [2.05, 4.69) is 43.8 Å². The highest BCUT2D eigenvalue weighted by Gasteiger charge is 2.51. The number of hydrogen-bond donors (Lipinski definition) is 1. The topological polar surface area (TPSA) is 77.2 Å². The van der Waals surface area contributed by atoms with Gasteiger partial charge in [0.1, 0.15) is 11.6 Å². The van der Waals surface area contributed by atoms with E-state index >= 15 is 4.39 Å². The van der Waals surface area contributed by atoms with Gasteiger partial charge in [-0.25, -0.2) is 9.37 Å². The van der Waals surface area contributed by atoms with Gasteiger partial charge in [0, 0.05) is 17.8 Å². The molecule has 1 N–H and O–H groups in total. The number of aromatic nitrogens is 3. The molecule has 0 spiro atoms. The normalized spacial score (nSPS) is 24.9. The standard InChI is InChI=1S/C23H34FN3O3Si/c1-15-8-9-16(2)27(15)20-14-25-19(13-26-20)23(21(28)29)11-10-18(17(24)12-23)30-31(6,7)22(3,4)5/h8-9,13-14,17-18H,10-12H2,1-7H3,(H,28,29)/t17-,18-,23?/m0/s1. The molecule has 6 nitrogen and oxygen atoms in total. The summed E-state index contributed by atoms with van der Waals surface area (Å²) in [6.07, 6.45) is 1.59. The smallest absolute Gasteiger partial charge is 0.315 e. The third kappa shape index (κ3) is 4.32. The van der Waals surface area contributed by atoms with Gasteiger partial charge in [-0.3, -0.25) is 9.78 Å². The second kappa shape index (κ2) is 8.13. The van der Waals surface area contributed by atoms with Crippen LogP contribution in [0.3, 0.4) is 0 Å². The van der Waals surface area contributed by atoms with Gasteiger partial charge in [-0.05, 0) is 57.0 Å². The first-order valence-electron chi connectivity index (χ1n) is 10.8. The number of aryl methyl sites for hydroxylation is 2.